The van der Waals surface area contributed by atoms with E-state index in [2.05, 4.69) is 52.0 Å². The van der Waals surface area contributed by atoms with Crippen LogP contribution in [0.25, 0.3) is 0 Å². The lowest BCUT2D eigenvalue weighted by Gasteiger charge is -2.52. The highest BCUT2D eigenvalue weighted by molar-refractivity contribution is 5.80. The van der Waals surface area contributed by atoms with E-state index in [-0.39, 0.29) is 33.6 Å². The molecule has 9 fully saturated rings. The molecule has 57 heavy (non-hydrogen) atoms. The molecule has 312 valence electrons. The molecule has 0 aromatic heterocycles. The van der Waals surface area contributed by atoms with Crippen molar-refractivity contribution in [3.8, 4) is 11.5 Å². The Bertz CT molecular complexity index is 1750. The van der Waals surface area contributed by atoms with Crippen LogP contribution >= 0.6 is 0 Å². The second-order valence-corrected chi connectivity index (χ2v) is 19.0. The lowest BCUT2D eigenvalue weighted by Crippen LogP contribution is -2.49. The summed E-state index contributed by atoms with van der Waals surface area (Å²) in [5, 5.41) is 9.18. The maximum atomic E-state index is 12.1. The van der Waals surface area contributed by atoms with Crippen LogP contribution in [-0.2, 0) is 39.5 Å². The Hall–Kier alpha value is -3.88. The van der Waals surface area contributed by atoms with Crippen molar-refractivity contribution in [2.75, 3.05) is 28.4 Å². The van der Waals surface area contributed by atoms with Crippen LogP contribution in [0.15, 0.2) is 24.3 Å². The first-order chi connectivity index (χ1) is 27.0. The van der Waals surface area contributed by atoms with Crippen LogP contribution in [-0.4, -0.2) is 57.7 Å². The van der Waals surface area contributed by atoms with Crippen molar-refractivity contribution < 1.29 is 43.2 Å². The van der Waals surface area contributed by atoms with Gasteiger partial charge in [0.15, 0.2) is 0 Å². The number of benzene rings is 2. The summed E-state index contributed by atoms with van der Waals surface area (Å²) in [6.45, 7) is 8.51. The number of hydrogen-bond acceptors (Lipinski definition) is 8. The molecule has 0 spiro atoms. The summed E-state index contributed by atoms with van der Waals surface area (Å²) in [4.78, 5) is 46.3. The van der Waals surface area contributed by atoms with Gasteiger partial charge in [-0.15, -0.1) is 0 Å². The number of ether oxygens (including phenoxy) is 4. The standard InChI is InChI=1S/C19H26O3.C18H24O2.C11H16O4/c1-13-11-15(12-14(2)16(13)21-3)18-5-8-19(9-6-18,10-7-18)17(20)22-4;1-13-10-15(11-14(2)16(13)20-3)18-7-4-17(12-19,5-8-18)6-9-18;1-15-9(14)11-5-2-10(3-6-11,4-7-11)8(12)13/h11-12H,5-10H2,1-4H3;10-12H,4-9H2,1-3H3;2-7H2,1H3,(H,12,13). The molecule has 9 heteroatoms. The molecule has 2 aromatic rings. The summed E-state index contributed by atoms with van der Waals surface area (Å²) in [6.07, 6.45) is 18.0. The molecule has 0 atom stereocenters. The van der Waals surface area contributed by atoms with E-state index >= 15 is 0 Å². The number of aryl methyl sites for hydroxylation is 4. The average molecular weight is 787 g/mol. The maximum absolute atomic E-state index is 12.1. The number of hydrogen-bond donors (Lipinski definition) is 1. The predicted octanol–water partition coefficient (Wildman–Crippen LogP) is 9.76. The molecule has 0 amide bonds. The van der Waals surface area contributed by atoms with E-state index in [1.54, 1.807) is 14.2 Å². The summed E-state index contributed by atoms with van der Waals surface area (Å²) in [5.41, 5.74) is 7.24. The van der Waals surface area contributed by atoms with Crippen LogP contribution in [0.2, 0.25) is 0 Å². The fraction of sp³-hybridized carbons (Fsp3) is 0.667. The van der Waals surface area contributed by atoms with Crippen LogP contribution in [0.5, 0.6) is 11.5 Å². The zero-order valence-corrected chi connectivity index (χ0v) is 35.8. The number of esters is 2. The Balaban J connectivity index is 0.000000147. The third kappa shape index (κ3) is 7.50. The molecule has 9 nitrogen and oxygen atoms in total. The first-order valence-electron chi connectivity index (χ1n) is 21.2. The molecule has 1 N–H and O–H groups in total. The minimum absolute atomic E-state index is 0.00268. The minimum Gasteiger partial charge on any atom is -0.496 e. The summed E-state index contributed by atoms with van der Waals surface area (Å²) < 4.78 is 20.9. The Morgan fingerprint density at radius 1 is 0.491 bits per heavy atom. The van der Waals surface area contributed by atoms with E-state index in [4.69, 9.17) is 18.9 Å². The summed E-state index contributed by atoms with van der Waals surface area (Å²) >= 11 is 0. The summed E-state index contributed by atoms with van der Waals surface area (Å²) in [5.74, 6) is 1.17. The lowest BCUT2D eigenvalue weighted by atomic mass is 9.52. The molecule has 2 aromatic carbocycles. The van der Waals surface area contributed by atoms with Gasteiger partial charge in [0.05, 0.1) is 44.7 Å². The van der Waals surface area contributed by atoms with Gasteiger partial charge in [-0.3, -0.25) is 14.4 Å². The first-order valence-corrected chi connectivity index (χ1v) is 21.2. The lowest BCUT2D eigenvalue weighted by molar-refractivity contribution is -0.172. The average Bonchev–Trinajstić information content (AvgIpc) is 3.25. The van der Waals surface area contributed by atoms with Crippen molar-refractivity contribution in [1.29, 1.82) is 0 Å². The van der Waals surface area contributed by atoms with Crippen molar-refractivity contribution in [2.24, 2.45) is 21.7 Å². The van der Waals surface area contributed by atoms with E-state index in [0.29, 0.717) is 43.9 Å². The van der Waals surface area contributed by atoms with Gasteiger partial charge in [0, 0.05) is 5.41 Å². The molecule has 0 unspecified atom stereocenters. The van der Waals surface area contributed by atoms with Crippen LogP contribution < -0.4 is 9.47 Å². The third-order valence-corrected chi connectivity index (χ3v) is 16.3. The molecule has 9 saturated carbocycles. The largest absolute Gasteiger partial charge is 0.496 e. The van der Waals surface area contributed by atoms with Crippen LogP contribution in [0.1, 0.15) is 149 Å². The Kier molecular flexibility index (Phi) is 12.0. The van der Waals surface area contributed by atoms with E-state index in [0.717, 1.165) is 88.5 Å². The number of carboxylic acid groups (broad SMARTS) is 1. The molecule has 6 bridgehead atoms. The van der Waals surface area contributed by atoms with Gasteiger partial charge >= 0.3 is 17.9 Å². The Morgan fingerprint density at radius 3 is 1.04 bits per heavy atom. The van der Waals surface area contributed by atoms with Crippen molar-refractivity contribution >= 4 is 24.2 Å². The molecule has 0 saturated heterocycles. The van der Waals surface area contributed by atoms with Gasteiger partial charge in [-0.2, -0.15) is 0 Å². The number of rotatable bonds is 8. The van der Waals surface area contributed by atoms with Crippen molar-refractivity contribution in [3.05, 3.63) is 57.6 Å². The number of aldehydes is 1. The second-order valence-electron chi connectivity index (χ2n) is 19.0. The van der Waals surface area contributed by atoms with Gasteiger partial charge in [-0.05, 0) is 187 Å². The zero-order chi connectivity index (χ0) is 41.4. The van der Waals surface area contributed by atoms with Gasteiger partial charge in [0.1, 0.15) is 17.8 Å². The maximum Gasteiger partial charge on any atom is 0.311 e. The second kappa shape index (κ2) is 16.1. The quantitative estimate of drug-likeness (QED) is 0.206. The van der Waals surface area contributed by atoms with Crippen LogP contribution in [0, 0.1) is 49.4 Å². The molecule has 11 rings (SSSR count). The SMILES string of the molecule is COC(=O)C12CCC(C(=O)O)(CC1)CC2.COC(=O)C12CCC(c3cc(C)c(OC)c(C)c3)(CC1)CC2.COc1c(C)cc(C23CCC(C=O)(CC2)CC3)cc1C. The van der Waals surface area contributed by atoms with Crippen molar-refractivity contribution in [2.45, 2.75) is 154 Å². The number of fused-ring (bicyclic) bond motifs is 9. The highest BCUT2D eigenvalue weighted by atomic mass is 16.5. The van der Waals surface area contributed by atoms with Gasteiger partial charge in [0.2, 0.25) is 0 Å². The van der Waals surface area contributed by atoms with E-state index in [1.165, 1.54) is 53.9 Å². The molecule has 9 aliphatic carbocycles. The molecule has 0 heterocycles. The topological polar surface area (TPSA) is 125 Å². The summed E-state index contributed by atoms with van der Waals surface area (Å²) in [6, 6.07) is 9.21. The van der Waals surface area contributed by atoms with Gasteiger partial charge in [-0.1, -0.05) is 24.3 Å². The highest BCUT2D eigenvalue weighted by Gasteiger charge is 2.57. The van der Waals surface area contributed by atoms with Crippen molar-refractivity contribution in [3.63, 3.8) is 0 Å². The van der Waals surface area contributed by atoms with Crippen LogP contribution in [0.4, 0.5) is 0 Å². The smallest absolute Gasteiger partial charge is 0.311 e. The molecule has 0 radical (unpaired) electrons. The molecule has 0 aliphatic heterocycles. The molecular weight excluding hydrogens is 721 g/mol. The molecular formula is C48H66O9. The number of aliphatic carboxylic acids is 1. The fourth-order valence-electron chi connectivity index (χ4n) is 12.2. The first kappa shape index (κ1) is 42.7. The normalized spacial score (nSPS) is 33.1. The fourth-order valence-corrected chi connectivity index (χ4v) is 12.2. The number of carboxylic acids is 1. The summed E-state index contributed by atoms with van der Waals surface area (Å²) in [7, 11) is 6.40. The third-order valence-electron chi connectivity index (χ3n) is 16.3. The van der Waals surface area contributed by atoms with Gasteiger partial charge < -0.3 is 28.8 Å². The highest BCUT2D eigenvalue weighted by Crippen LogP contribution is 2.60. The minimum atomic E-state index is -0.694. The number of methoxy groups -OCH3 is 4. The van der Waals surface area contributed by atoms with Gasteiger partial charge in [-0.25, -0.2) is 0 Å². The van der Waals surface area contributed by atoms with Crippen LogP contribution in [0.3, 0.4) is 0 Å². The molecule has 9 aliphatic rings. The zero-order valence-electron chi connectivity index (χ0n) is 35.8. The monoisotopic (exact) mass is 786 g/mol. The van der Waals surface area contributed by atoms with Gasteiger partial charge in [0.25, 0.3) is 0 Å². The number of carbonyl (C=O) groups is 4. The number of carbonyl (C=O) groups excluding carboxylic acids is 3. The van der Waals surface area contributed by atoms with Crippen molar-refractivity contribution in [1.82, 2.24) is 0 Å². The predicted molar refractivity (Wildman–Crippen MR) is 219 cm³/mol. The Labute approximate surface area is 339 Å². The van der Waals surface area contributed by atoms with E-state index < -0.39 is 11.4 Å². The van der Waals surface area contributed by atoms with E-state index in [9.17, 15) is 24.3 Å². The van der Waals surface area contributed by atoms with E-state index in [1.807, 2.05) is 0 Å². The Morgan fingerprint density at radius 2 is 0.772 bits per heavy atom.